The molecule has 0 atom stereocenters. The Morgan fingerprint density at radius 1 is 1.41 bits per heavy atom. The van der Waals surface area contributed by atoms with E-state index in [-0.39, 0.29) is 5.56 Å². The number of fused-ring (bicyclic) bond motifs is 3. The lowest BCUT2D eigenvalue weighted by Crippen LogP contribution is -1.98. The largest absolute Gasteiger partial charge is 0.478 e. The number of aromatic carboxylic acids is 1. The van der Waals surface area contributed by atoms with E-state index in [2.05, 4.69) is 10.1 Å². The molecule has 6 heteroatoms. The molecule has 1 aromatic carbocycles. The van der Waals surface area contributed by atoms with E-state index in [1.807, 2.05) is 24.3 Å². The van der Waals surface area contributed by atoms with Crippen LogP contribution in [0.25, 0.3) is 16.6 Å². The van der Waals surface area contributed by atoms with Crippen LogP contribution in [-0.4, -0.2) is 25.7 Å². The third-order valence-corrected chi connectivity index (χ3v) is 2.89. The lowest BCUT2D eigenvalue weighted by Gasteiger charge is -2.02. The van der Waals surface area contributed by atoms with Crippen molar-refractivity contribution in [3.8, 4) is 0 Å². The zero-order valence-electron chi connectivity index (χ0n) is 8.54. The topological polar surface area (TPSA) is 70.4 Å². The molecule has 0 fully saturated rings. The van der Waals surface area contributed by atoms with E-state index in [0.29, 0.717) is 10.2 Å². The van der Waals surface area contributed by atoms with E-state index in [1.165, 1.54) is 6.20 Å². The first-order chi connectivity index (χ1) is 8.18. The second-order valence-electron chi connectivity index (χ2n) is 3.60. The van der Waals surface area contributed by atoms with E-state index < -0.39 is 5.97 Å². The molecule has 5 nitrogen and oxygen atoms in total. The minimum Gasteiger partial charge on any atom is -0.478 e. The van der Waals surface area contributed by atoms with E-state index in [0.717, 1.165) is 11.0 Å². The number of nitrogens with one attached hydrogen (secondary N) is 1. The molecule has 3 rings (SSSR count). The maximum absolute atomic E-state index is 11.1. The summed E-state index contributed by atoms with van der Waals surface area (Å²) in [5.41, 5.74) is 2.15. The monoisotopic (exact) mass is 245 g/mol. The van der Waals surface area contributed by atoms with Gasteiger partial charge in [0.05, 0.1) is 17.2 Å². The summed E-state index contributed by atoms with van der Waals surface area (Å²) in [4.78, 5) is 14.1. The van der Waals surface area contributed by atoms with E-state index in [4.69, 9.17) is 17.3 Å². The number of carbonyl (C=O) groups is 1. The van der Waals surface area contributed by atoms with Gasteiger partial charge in [0.15, 0.2) is 0 Å². The molecule has 0 saturated carbocycles. The first-order valence-corrected chi connectivity index (χ1v) is 5.31. The Morgan fingerprint density at radius 2 is 2.18 bits per heavy atom. The summed E-state index contributed by atoms with van der Waals surface area (Å²) in [6, 6.07) is 7.46. The molecule has 0 spiro atoms. The van der Waals surface area contributed by atoms with Crippen molar-refractivity contribution < 1.29 is 9.90 Å². The summed E-state index contributed by atoms with van der Waals surface area (Å²) in [5.74, 6) is -1.03. The summed E-state index contributed by atoms with van der Waals surface area (Å²) in [6.45, 7) is 0. The fourth-order valence-electron chi connectivity index (χ4n) is 1.85. The lowest BCUT2D eigenvalue weighted by atomic mass is 10.2. The predicted octanol–water partition coefficient (Wildman–Crippen LogP) is 2.24. The number of hydrogen-bond acceptors (Lipinski definition) is 3. The van der Waals surface area contributed by atoms with Crippen molar-refractivity contribution in [2.75, 3.05) is 0 Å². The minimum atomic E-state index is -1.03. The molecule has 0 unspecified atom stereocenters. The van der Waals surface area contributed by atoms with Gasteiger partial charge in [0.2, 0.25) is 0 Å². The zero-order chi connectivity index (χ0) is 12.0. The van der Waals surface area contributed by atoms with Crippen molar-refractivity contribution in [3.63, 3.8) is 0 Å². The highest BCUT2D eigenvalue weighted by Gasteiger charge is 2.14. The van der Waals surface area contributed by atoms with Crippen molar-refractivity contribution >= 4 is 34.7 Å². The van der Waals surface area contributed by atoms with Crippen LogP contribution in [0.2, 0.25) is 0 Å². The number of aromatic nitrogens is 3. The summed E-state index contributed by atoms with van der Waals surface area (Å²) in [5, 5.41) is 13.1. The van der Waals surface area contributed by atoms with Crippen molar-refractivity contribution in [2.45, 2.75) is 0 Å². The number of rotatable bonds is 1. The van der Waals surface area contributed by atoms with E-state index in [1.54, 1.807) is 4.52 Å². The van der Waals surface area contributed by atoms with Gasteiger partial charge in [0, 0.05) is 0 Å². The van der Waals surface area contributed by atoms with Crippen LogP contribution < -0.4 is 0 Å². The van der Waals surface area contributed by atoms with E-state index >= 15 is 0 Å². The van der Waals surface area contributed by atoms with Gasteiger partial charge in [0.25, 0.3) is 0 Å². The average molecular weight is 245 g/mol. The molecule has 84 valence electrons. The van der Waals surface area contributed by atoms with Gasteiger partial charge in [-0.3, -0.25) is 0 Å². The smallest absolute Gasteiger partial charge is 0.339 e. The molecule has 17 heavy (non-hydrogen) atoms. The first-order valence-electron chi connectivity index (χ1n) is 4.90. The fraction of sp³-hybridized carbons (Fsp3) is 0. The molecule has 0 radical (unpaired) electrons. The number of H-pyrrole nitrogens is 1. The number of aromatic amines is 1. The summed E-state index contributed by atoms with van der Waals surface area (Å²) >= 11 is 5.16. The van der Waals surface area contributed by atoms with Gasteiger partial charge in [-0.05, 0) is 12.1 Å². The first kappa shape index (κ1) is 9.98. The van der Waals surface area contributed by atoms with Gasteiger partial charge in [-0.15, -0.1) is 0 Å². The van der Waals surface area contributed by atoms with Gasteiger partial charge >= 0.3 is 5.97 Å². The van der Waals surface area contributed by atoms with Crippen LogP contribution in [0.3, 0.4) is 0 Å². The van der Waals surface area contributed by atoms with Crippen LogP contribution >= 0.6 is 12.2 Å². The number of para-hydroxylation sites is 2. The van der Waals surface area contributed by atoms with Gasteiger partial charge < -0.3 is 10.1 Å². The van der Waals surface area contributed by atoms with Crippen LogP contribution in [0.4, 0.5) is 0 Å². The van der Waals surface area contributed by atoms with Crippen molar-refractivity contribution in [2.24, 2.45) is 0 Å². The van der Waals surface area contributed by atoms with Gasteiger partial charge in [-0.25, -0.2) is 9.31 Å². The molecule has 2 N–H and O–H groups in total. The summed E-state index contributed by atoms with van der Waals surface area (Å²) in [7, 11) is 0. The van der Waals surface area contributed by atoms with Gasteiger partial charge in [-0.2, -0.15) is 5.10 Å². The number of benzene rings is 1. The van der Waals surface area contributed by atoms with Crippen LogP contribution in [0.15, 0.2) is 30.5 Å². The Kier molecular flexibility index (Phi) is 1.99. The highest BCUT2D eigenvalue weighted by atomic mass is 32.1. The second-order valence-corrected chi connectivity index (χ2v) is 4.00. The maximum atomic E-state index is 11.1. The zero-order valence-corrected chi connectivity index (χ0v) is 9.36. The van der Waals surface area contributed by atoms with Crippen molar-refractivity contribution in [1.82, 2.24) is 14.6 Å². The van der Waals surface area contributed by atoms with Crippen molar-refractivity contribution in [1.29, 1.82) is 0 Å². The number of nitrogens with zero attached hydrogens (tertiary/aromatic N) is 2. The highest BCUT2D eigenvalue weighted by Crippen LogP contribution is 2.18. The third-order valence-electron chi connectivity index (χ3n) is 2.60. The quantitative estimate of drug-likeness (QED) is 0.645. The molecule has 0 bridgehead atoms. The Bertz CT molecular complexity index is 803. The van der Waals surface area contributed by atoms with Gasteiger partial charge in [0.1, 0.15) is 15.7 Å². The second kappa shape index (κ2) is 3.39. The lowest BCUT2D eigenvalue weighted by molar-refractivity contribution is 0.0699. The molecule has 2 aromatic heterocycles. The molecule has 0 aliphatic carbocycles. The van der Waals surface area contributed by atoms with Crippen LogP contribution in [-0.2, 0) is 0 Å². The average Bonchev–Trinajstić information content (AvgIpc) is 2.74. The fourth-order valence-corrected chi connectivity index (χ4v) is 2.16. The molecular weight excluding hydrogens is 238 g/mol. The van der Waals surface area contributed by atoms with Crippen LogP contribution in [0.5, 0.6) is 0 Å². The SMILES string of the molecule is O=C(O)c1cnn2c1c(=S)[nH]c1ccccc12. The van der Waals surface area contributed by atoms with Crippen LogP contribution in [0.1, 0.15) is 10.4 Å². The number of hydrogen-bond donors (Lipinski definition) is 2. The summed E-state index contributed by atoms with van der Waals surface area (Å²) < 4.78 is 1.93. The molecule has 0 aliphatic heterocycles. The Labute approximate surface area is 100 Å². The Morgan fingerprint density at radius 3 is 2.94 bits per heavy atom. The number of carboxylic acid groups (broad SMARTS) is 1. The van der Waals surface area contributed by atoms with Gasteiger partial charge in [-0.1, -0.05) is 24.4 Å². The Balaban J connectivity index is 2.61. The molecule has 0 amide bonds. The van der Waals surface area contributed by atoms with E-state index in [9.17, 15) is 4.79 Å². The normalized spacial score (nSPS) is 11.1. The molecule has 2 heterocycles. The maximum Gasteiger partial charge on any atom is 0.339 e. The molecule has 0 aliphatic rings. The van der Waals surface area contributed by atoms with Crippen LogP contribution in [0, 0.1) is 4.64 Å². The molecule has 3 aromatic rings. The minimum absolute atomic E-state index is 0.108. The molecular formula is C11H7N3O2S. The predicted molar refractivity (Wildman–Crippen MR) is 64.8 cm³/mol. The standard InChI is InChI=1S/C11H7N3O2S/c15-11(16)6-5-12-14-8-4-2-1-3-7(8)13-10(17)9(6)14/h1-5H,(H,13,17)(H,15,16). The van der Waals surface area contributed by atoms with Crippen molar-refractivity contribution in [3.05, 3.63) is 40.7 Å². The molecule has 0 saturated heterocycles. The Hall–Kier alpha value is -2.21. The highest BCUT2D eigenvalue weighted by molar-refractivity contribution is 7.71. The summed E-state index contributed by atoms with van der Waals surface area (Å²) in [6.07, 6.45) is 1.31. The third kappa shape index (κ3) is 1.34. The number of carboxylic acids is 1.